The number of ether oxygens (including phenoxy) is 2. The Hall–Kier alpha value is -1.81. The average molecular weight is 340 g/mol. The van der Waals surface area contributed by atoms with Crippen LogP contribution in [0.5, 0.6) is 11.5 Å². The number of fused-ring (bicyclic) bond motifs is 1. The van der Waals surface area contributed by atoms with Crippen LogP contribution in [-0.2, 0) is 15.1 Å². The van der Waals surface area contributed by atoms with Crippen LogP contribution in [0.4, 0.5) is 0 Å². The number of rotatable bonds is 1. The Morgan fingerprint density at radius 3 is 2.80 bits per heavy atom. The molecule has 1 spiro atoms. The van der Waals surface area contributed by atoms with Crippen molar-refractivity contribution in [1.29, 1.82) is 0 Å². The Balaban J connectivity index is 1.91. The van der Waals surface area contributed by atoms with Gasteiger partial charge in [0.15, 0.2) is 0 Å². The lowest BCUT2D eigenvalue weighted by Crippen LogP contribution is -2.62. The SMILES string of the molecule is CC1(C)OC23C=C(C=O)CCC24C1CCC4(C)Oc1ccc(O)cc13. The first kappa shape index (κ1) is 15.4. The fourth-order valence-corrected chi connectivity index (χ4v) is 6.63. The summed E-state index contributed by atoms with van der Waals surface area (Å²) >= 11 is 0. The number of aromatic hydroxyl groups is 1. The summed E-state index contributed by atoms with van der Waals surface area (Å²) in [6.07, 6.45) is 6.66. The molecule has 0 aromatic heterocycles. The van der Waals surface area contributed by atoms with Gasteiger partial charge in [0.05, 0.1) is 11.0 Å². The molecule has 1 aromatic carbocycles. The van der Waals surface area contributed by atoms with Crippen LogP contribution in [0.1, 0.15) is 52.0 Å². The van der Waals surface area contributed by atoms with E-state index >= 15 is 0 Å². The quantitative estimate of drug-likeness (QED) is 0.789. The zero-order valence-corrected chi connectivity index (χ0v) is 15.0. The van der Waals surface area contributed by atoms with Gasteiger partial charge >= 0.3 is 0 Å². The van der Waals surface area contributed by atoms with Gasteiger partial charge in [0.1, 0.15) is 29.0 Å². The maximum absolute atomic E-state index is 11.6. The van der Waals surface area contributed by atoms with Crippen molar-refractivity contribution in [3.8, 4) is 11.5 Å². The van der Waals surface area contributed by atoms with Gasteiger partial charge < -0.3 is 14.6 Å². The average Bonchev–Trinajstić information content (AvgIpc) is 2.97. The molecule has 1 saturated carbocycles. The highest BCUT2D eigenvalue weighted by Crippen LogP contribution is 2.77. The minimum Gasteiger partial charge on any atom is -0.508 e. The van der Waals surface area contributed by atoms with Crippen LogP contribution < -0.4 is 4.74 Å². The molecule has 4 nitrogen and oxygen atoms in total. The summed E-state index contributed by atoms with van der Waals surface area (Å²) in [5.41, 5.74) is 0.0712. The van der Waals surface area contributed by atoms with E-state index in [9.17, 15) is 9.90 Å². The minimum absolute atomic E-state index is 0.199. The van der Waals surface area contributed by atoms with E-state index in [-0.39, 0.29) is 22.4 Å². The third-order valence-corrected chi connectivity index (χ3v) is 7.42. The van der Waals surface area contributed by atoms with E-state index in [2.05, 4.69) is 20.8 Å². The summed E-state index contributed by atoms with van der Waals surface area (Å²) in [5, 5.41) is 10.2. The topological polar surface area (TPSA) is 55.8 Å². The molecule has 25 heavy (non-hydrogen) atoms. The molecule has 2 heterocycles. The first-order valence-corrected chi connectivity index (χ1v) is 9.18. The molecular weight excluding hydrogens is 316 g/mol. The van der Waals surface area contributed by atoms with Crippen LogP contribution in [0.25, 0.3) is 0 Å². The number of benzene rings is 1. The minimum atomic E-state index is -0.715. The Morgan fingerprint density at radius 2 is 2.04 bits per heavy atom. The van der Waals surface area contributed by atoms with Gasteiger partial charge in [-0.3, -0.25) is 4.79 Å². The van der Waals surface area contributed by atoms with Crippen molar-refractivity contribution in [2.45, 2.75) is 63.3 Å². The molecule has 5 rings (SSSR count). The molecule has 1 saturated heterocycles. The van der Waals surface area contributed by atoms with Gasteiger partial charge in [0, 0.05) is 11.5 Å². The second-order valence-electron chi connectivity index (χ2n) is 8.85. The highest BCUT2D eigenvalue weighted by molar-refractivity contribution is 5.75. The van der Waals surface area contributed by atoms with Gasteiger partial charge in [0.2, 0.25) is 0 Å². The molecule has 4 heteroatoms. The summed E-state index contributed by atoms with van der Waals surface area (Å²) < 4.78 is 13.4. The van der Waals surface area contributed by atoms with E-state index in [0.717, 1.165) is 48.9 Å². The van der Waals surface area contributed by atoms with E-state index in [4.69, 9.17) is 9.47 Å². The van der Waals surface area contributed by atoms with E-state index in [1.165, 1.54) is 0 Å². The predicted molar refractivity (Wildman–Crippen MR) is 92.5 cm³/mol. The standard InChI is InChI=1S/C21H24O4/c1-18(2)17-7-8-19(3)20(17)9-6-13(12-22)11-21(20,25-18)15-10-14(23)4-5-16(15)24-19/h4-5,10-12,17,23H,6-9H2,1-3H3. The summed E-state index contributed by atoms with van der Waals surface area (Å²) in [4.78, 5) is 11.6. The molecule has 1 N–H and O–H groups in total. The summed E-state index contributed by atoms with van der Waals surface area (Å²) in [5.74, 6) is 1.31. The van der Waals surface area contributed by atoms with Gasteiger partial charge in [-0.15, -0.1) is 0 Å². The molecule has 0 amide bonds. The lowest BCUT2D eigenvalue weighted by molar-refractivity contribution is -0.169. The Labute approximate surface area is 147 Å². The molecule has 4 unspecified atom stereocenters. The summed E-state index contributed by atoms with van der Waals surface area (Å²) in [7, 11) is 0. The van der Waals surface area contributed by atoms with Crippen molar-refractivity contribution in [3.63, 3.8) is 0 Å². The number of hydrogen-bond acceptors (Lipinski definition) is 4. The first-order valence-electron chi connectivity index (χ1n) is 9.18. The van der Waals surface area contributed by atoms with Crippen LogP contribution >= 0.6 is 0 Å². The molecule has 4 aliphatic rings. The largest absolute Gasteiger partial charge is 0.508 e. The number of phenolic OH excluding ortho intramolecular Hbond substituents is 1. The monoisotopic (exact) mass is 340 g/mol. The van der Waals surface area contributed by atoms with Crippen molar-refractivity contribution in [2.75, 3.05) is 0 Å². The maximum Gasteiger partial charge on any atom is 0.145 e. The molecule has 2 aliphatic heterocycles. The number of allylic oxidation sites excluding steroid dienone is 1. The molecule has 132 valence electrons. The third-order valence-electron chi connectivity index (χ3n) is 7.42. The molecule has 4 atom stereocenters. The number of carbonyl (C=O) groups excluding carboxylic acids is 1. The Bertz CT molecular complexity index is 825. The summed E-state index contributed by atoms with van der Waals surface area (Å²) in [6, 6.07) is 5.25. The van der Waals surface area contributed by atoms with Crippen LogP contribution in [0.2, 0.25) is 0 Å². The van der Waals surface area contributed by atoms with Crippen LogP contribution in [-0.4, -0.2) is 22.6 Å². The van der Waals surface area contributed by atoms with Crippen molar-refractivity contribution in [1.82, 2.24) is 0 Å². The van der Waals surface area contributed by atoms with Gasteiger partial charge in [0.25, 0.3) is 0 Å². The van der Waals surface area contributed by atoms with Gasteiger partial charge in [-0.2, -0.15) is 0 Å². The molecule has 2 fully saturated rings. The van der Waals surface area contributed by atoms with E-state index in [0.29, 0.717) is 5.92 Å². The van der Waals surface area contributed by atoms with Crippen LogP contribution in [0.3, 0.4) is 0 Å². The smallest absolute Gasteiger partial charge is 0.145 e. The number of phenols is 1. The van der Waals surface area contributed by atoms with E-state index < -0.39 is 5.60 Å². The number of aldehydes is 1. The van der Waals surface area contributed by atoms with E-state index in [1.807, 2.05) is 12.1 Å². The zero-order chi connectivity index (χ0) is 17.7. The lowest BCUT2D eigenvalue weighted by atomic mass is 9.51. The predicted octanol–water partition coefficient (Wildman–Crippen LogP) is 3.86. The second-order valence-corrected chi connectivity index (χ2v) is 8.85. The van der Waals surface area contributed by atoms with Crippen molar-refractivity contribution >= 4 is 6.29 Å². The van der Waals surface area contributed by atoms with Crippen molar-refractivity contribution in [3.05, 3.63) is 35.4 Å². The third kappa shape index (κ3) is 1.52. The Morgan fingerprint density at radius 1 is 1.24 bits per heavy atom. The fraction of sp³-hybridized carbons (Fsp3) is 0.571. The van der Waals surface area contributed by atoms with Crippen LogP contribution in [0.15, 0.2) is 29.8 Å². The number of carbonyl (C=O) groups is 1. The van der Waals surface area contributed by atoms with Gasteiger partial charge in [-0.1, -0.05) is 0 Å². The lowest BCUT2D eigenvalue weighted by Gasteiger charge is -2.57. The highest BCUT2D eigenvalue weighted by atomic mass is 16.6. The molecule has 2 aliphatic carbocycles. The molecular formula is C21H24O4. The molecule has 1 aromatic rings. The Kier molecular flexibility index (Phi) is 2.65. The summed E-state index contributed by atoms with van der Waals surface area (Å²) in [6.45, 7) is 6.53. The van der Waals surface area contributed by atoms with Gasteiger partial charge in [-0.05, 0) is 76.3 Å². The zero-order valence-electron chi connectivity index (χ0n) is 15.0. The first-order chi connectivity index (χ1) is 11.8. The molecule has 0 radical (unpaired) electrons. The van der Waals surface area contributed by atoms with Gasteiger partial charge in [-0.25, -0.2) is 0 Å². The van der Waals surface area contributed by atoms with Crippen molar-refractivity contribution in [2.24, 2.45) is 11.3 Å². The molecule has 0 bridgehead atoms. The van der Waals surface area contributed by atoms with E-state index in [1.54, 1.807) is 12.1 Å². The fourth-order valence-electron chi connectivity index (χ4n) is 6.63. The maximum atomic E-state index is 11.6. The van der Waals surface area contributed by atoms with Crippen LogP contribution in [0, 0.1) is 11.3 Å². The number of hydrogen-bond donors (Lipinski definition) is 1. The van der Waals surface area contributed by atoms with Crippen molar-refractivity contribution < 1.29 is 19.4 Å². The normalized spacial score (nSPS) is 42.7. The highest BCUT2D eigenvalue weighted by Gasteiger charge is 2.79. The second kappa shape index (κ2) is 4.29.